The number of hydrogen-bond acceptors (Lipinski definition) is 6. The summed E-state index contributed by atoms with van der Waals surface area (Å²) in [5.41, 5.74) is 7.71. The quantitative estimate of drug-likeness (QED) is 0.194. The molecule has 0 aromatic heterocycles. The standard InChI is InChI=1S/C30H30N6/c1-35(2)29-17-5-23(6-18-29)21-31-25-9-13-27(14-10-25)33-34-28-15-11-26(12-16-28)32-22-24-7-19-30(20-8-24)36(3)4/h5-22H,1-4H3/b31-21?,32-22?,34-33+. The van der Waals surface area contributed by atoms with Crippen LogP contribution in [0, 0.1) is 0 Å². The Morgan fingerprint density at radius 2 is 0.722 bits per heavy atom. The number of anilines is 2. The fourth-order valence-electron chi connectivity index (χ4n) is 3.34. The molecule has 0 N–H and O–H groups in total. The molecular formula is C30H30N6. The first-order valence-corrected chi connectivity index (χ1v) is 11.7. The van der Waals surface area contributed by atoms with Gasteiger partial charge in [-0.05, 0) is 83.9 Å². The monoisotopic (exact) mass is 474 g/mol. The van der Waals surface area contributed by atoms with Gasteiger partial charge in [-0.2, -0.15) is 10.2 Å². The Balaban J connectivity index is 1.32. The first-order chi connectivity index (χ1) is 17.5. The molecule has 0 bridgehead atoms. The molecule has 0 heterocycles. The second kappa shape index (κ2) is 11.7. The lowest BCUT2D eigenvalue weighted by molar-refractivity contribution is 1.13. The number of benzene rings is 4. The van der Waals surface area contributed by atoms with Crippen molar-refractivity contribution in [2.75, 3.05) is 38.0 Å². The molecule has 0 aliphatic rings. The summed E-state index contributed by atoms with van der Waals surface area (Å²) in [5, 5.41) is 8.67. The van der Waals surface area contributed by atoms with Gasteiger partial charge in [-0.3, -0.25) is 9.98 Å². The molecular weight excluding hydrogens is 444 g/mol. The van der Waals surface area contributed by atoms with Crippen LogP contribution in [0.5, 0.6) is 0 Å². The summed E-state index contributed by atoms with van der Waals surface area (Å²) >= 11 is 0. The Labute approximate surface area is 213 Å². The van der Waals surface area contributed by atoms with E-state index < -0.39 is 0 Å². The third-order valence-corrected chi connectivity index (χ3v) is 5.52. The van der Waals surface area contributed by atoms with Gasteiger partial charge in [0.1, 0.15) is 0 Å². The molecule has 36 heavy (non-hydrogen) atoms. The van der Waals surface area contributed by atoms with Crippen LogP contribution in [-0.2, 0) is 0 Å². The molecule has 0 fully saturated rings. The second-order valence-electron chi connectivity index (χ2n) is 8.72. The van der Waals surface area contributed by atoms with Crippen LogP contribution in [0.25, 0.3) is 0 Å². The number of hydrogen-bond donors (Lipinski definition) is 0. The lowest BCUT2D eigenvalue weighted by atomic mass is 10.2. The molecule has 180 valence electrons. The molecule has 0 saturated heterocycles. The number of aliphatic imine (C=N–C) groups is 2. The molecule has 0 unspecified atom stereocenters. The van der Waals surface area contributed by atoms with Crippen molar-refractivity contribution in [3.05, 3.63) is 108 Å². The van der Waals surface area contributed by atoms with Crippen LogP contribution in [0.4, 0.5) is 34.1 Å². The molecule has 0 atom stereocenters. The molecule has 6 heteroatoms. The van der Waals surface area contributed by atoms with Gasteiger partial charge >= 0.3 is 0 Å². The summed E-state index contributed by atoms with van der Waals surface area (Å²) in [7, 11) is 8.11. The Kier molecular flexibility index (Phi) is 7.98. The summed E-state index contributed by atoms with van der Waals surface area (Å²) in [6.45, 7) is 0. The maximum absolute atomic E-state index is 4.54. The summed E-state index contributed by atoms with van der Waals surface area (Å²) in [4.78, 5) is 13.2. The minimum absolute atomic E-state index is 0.771. The Morgan fingerprint density at radius 3 is 1.03 bits per heavy atom. The van der Waals surface area contributed by atoms with E-state index in [1.807, 2.05) is 89.2 Å². The van der Waals surface area contributed by atoms with Crippen molar-refractivity contribution in [1.29, 1.82) is 0 Å². The number of rotatable bonds is 8. The highest BCUT2D eigenvalue weighted by molar-refractivity contribution is 5.83. The van der Waals surface area contributed by atoms with Crippen molar-refractivity contribution >= 4 is 46.6 Å². The fourth-order valence-corrected chi connectivity index (χ4v) is 3.34. The molecule has 4 rings (SSSR count). The van der Waals surface area contributed by atoms with Gasteiger partial charge in [-0.25, -0.2) is 0 Å². The van der Waals surface area contributed by atoms with Crippen LogP contribution in [0.2, 0.25) is 0 Å². The van der Waals surface area contributed by atoms with Crippen LogP contribution in [0.15, 0.2) is 117 Å². The average Bonchev–Trinajstić information content (AvgIpc) is 2.91. The molecule has 0 aliphatic heterocycles. The van der Waals surface area contributed by atoms with Crippen LogP contribution in [0.1, 0.15) is 11.1 Å². The first kappa shape index (κ1) is 24.5. The summed E-state index contributed by atoms with van der Waals surface area (Å²) < 4.78 is 0. The van der Waals surface area contributed by atoms with Gasteiger partial charge in [0.15, 0.2) is 0 Å². The van der Waals surface area contributed by atoms with Crippen LogP contribution >= 0.6 is 0 Å². The average molecular weight is 475 g/mol. The molecule has 0 spiro atoms. The Morgan fingerprint density at radius 1 is 0.417 bits per heavy atom. The zero-order valence-corrected chi connectivity index (χ0v) is 21.1. The summed E-state index contributed by atoms with van der Waals surface area (Å²) in [6.07, 6.45) is 3.72. The van der Waals surface area contributed by atoms with E-state index in [-0.39, 0.29) is 0 Å². The van der Waals surface area contributed by atoms with Crippen molar-refractivity contribution in [2.24, 2.45) is 20.2 Å². The third kappa shape index (κ3) is 6.96. The van der Waals surface area contributed by atoms with Crippen molar-refractivity contribution in [1.82, 2.24) is 0 Å². The number of azo groups is 1. The fraction of sp³-hybridized carbons (Fsp3) is 0.133. The normalized spacial score (nSPS) is 11.6. The highest BCUT2D eigenvalue weighted by Crippen LogP contribution is 2.24. The largest absolute Gasteiger partial charge is 0.378 e. The first-order valence-electron chi connectivity index (χ1n) is 11.7. The SMILES string of the molecule is CN(C)c1ccc(C=Nc2ccc(/N=N/c3ccc(N=Cc4ccc(N(C)C)cc4)cc3)cc2)cc1. The van der Waals surface area contributed by atoms with E-state index >= 15 is 0 Å². The van der Waals surface area contributed by atoms with E-state index in [1.54, 1.807) is 0 Å². The van der Waals surface area contributed by atoms with Crippen molar-refractivity contribution in [3.63, 3.8) is 0 Å². The predicted octanol–water partition coefficient (Wildman–Crippen LogP) is 7.74. The lowest BCUT2D eigenvalue weighted by Crippen LogP contribution is -2.08. The number of nitrogens with zero attached hydrogens (tertiary/aromatic N) is 6. The Hall–Kier alpha value is -4.58. The van der Waals surface area contributed by atoms with Gasteiger partial charge in [-0.15, -0.1) is 0 Å². The predicted molar refractivity (Wildman–Crippen MR) is 153 cm³/mol. The summed E-state index contributed by atoms with van der Waals surface area (Å²) in [6, 6.07) is 31.9. The molecule has 4 aromatic carbocycles. The maximum Gasteiger partial charge on any atom is 0.0858 e. The lowest BCUT2D eigenvalue weighted by Gasteiger charge is -2.11. The van der Waals surface area contributed by atoms with Gasteiger partial charge in [-0.1, -0.05) is 24.3 Å². The van der Waals surface area contributed by atoms with Gasteiger partial charge in [0.25, 0.3) is 0 Å². The molecule has 6 nitrogen and oxygen atoms in total. The van der Waals surface area contributed by atoms with Crippen molar-refractivity contribution in [3.8, 4) is 0 Å². The van der Waals surface area contributed by atoms with Crippen molar-refractivity contribution < 1.29 is 0 Å². The molecule has 0 radical (unpaired) electrons. The van der Waals surface area contributed by atoms with Crippen LogP contribution in [0.3, 0.4) is 0 Å². The van der Waals surface area contributed by atoms with Crippen LogP contribution < -0.4 is 9.80 Å². The minimum atomic E-state index is 0.771. The minimum Gasteiger partial charge on any atom is -0.378 e. The van der Waals surface area contributed by atoms with E-state index in [9.17, 15) is 0 Å². The van der Waals surface area contributed by atoms with E-state index in [1.165, 1.54) is 0 Å². The zero-order valence-electron chi connectivity index (χ0n) is 21.1. The van der Waals surface area contributed by atoms with E-state index in [0.29, 0.717) is 0 Å². The van der Waals surface area contributed by atoms with Crippen LogP contribution in [-0.4, -0.2) is 40.6 Å². The van der Waals surface area contributed by atoms with E-state index in [2.05, 4.69) is 78.5 Å². The smallest absolute Gasteiger partial charge is 0.0858 e. The van der Waals surface area contributed by atoms with Gasteiger partial charge in [0.2, 0.25) is 0 Å². The van der Waals surface area contributed by atoms with E-state index in [4.69, 9.17) is 0 Å². The van der Waals surface area contributed by atoms with Crippen molar-refractivity contribution in [2.45, 2.75) is 0 Å². The molecule has 0 aliphatic carbocycles. The van der Waals surface area contributed by atoms with Gasteiger partial charge in [0, 0.05) is 52.0 Å². The highest BCUT2D eigenvalue weighted by atomic mass is 15.1. The summed E-state index contributed by atoms with van der Waals surface area (Å²) in [5.74, 6) is 0. The topological polar surface area (TPSA) is 55.9 Å². The second-order valence-corrected chi connectivity index (χ2v) is 8.72. The molecule has 0 saturated carbocycles. The Bertz CT molecular complexity index is 1230. The zero-order chi connectivity index (χ0) is 25.3. The molecule has 0 amide bonds. The highest BCUT2D eigenvalue weighted by Gasteiger charge is 1.97. The van der Waals surface area contributed by atoms with Gasteiger partial charge < -0.3 is 9.80 Å². The third-order valence-electron chi connectivity index (χ3n) is 5.52. The van der Waals surface area contributed by atoms with Gasteiger partial charge in [0.05, 0.1) is 22.7 Å². The van der Waals surface area contributed by atoms with E-state index in [0.717, 1.165) is 45.3 Å². The molecule has 4 aromatic rings. The maximum atomic E-state index is 4.54.